The first-order valence-corrected chi connectivity index (χ1v) is 6.09. The summed E-state index contributed by atoms with van der Waals surface area (Å²) in [6.45, 7) is 1.86. The number of anilines is 1. The Bertz CT molecular complexity index is 471. The smallest absolute Gasteiger partial charge is 0.234 e. The fourth-order valence-electron chi connectivity index (χ4n) is 1.90. The molecular weight excluding hydrogens is 289 g/mol. The molecule has 1 aromatic rings. The summed E-state index contributed by atoms with van der Waals surface area (Å²) in [7, 11) is 0. The van der Waals surface area contributed by atoms with Crippen LogP contribution in [0.3, 0.4) is 0 Å². The normalized spacial score (nSPS) is 17.7. The number of carbonyl (C=O) groups is 2. The lowest BCUT2D eigenvalue weighted by molar-refractivity contribution is -0.130. The molecule has 0 aromatic heterocycles. The first-order valence-electron chi connectivity index (χ1n) is 5.30. The highest BCUT2D eigenvalue weighted by Crippen LogP contribution is 2.27. The topological polar surface area (TPSA) is 37.4 Å². The first-order chi connectivity index (χ1) is 7.99. The number of amides is 2. The van der Waals surface area contributed by atoms with Crippen LogP contribution in [-0.4, -0.2) is 11.8 Å². The molecule has 2 rings (SSSR count). The van der Waals surface area contributed by atoms with Crippen LogP contribution in [0.2, 0.25) is 0 Å². The highest BCUT2D eigenvalue weighted by Gasteiger charge is 2.31. The summed E-state index contributed by atoms with van der Waals surface area (Å²) in [6, 6.07) is 4.23. The van der Waals surface area contributed by atoms with Crippen molar-refractivity contribution in [2.45, 2.75) is 19.8 Å². The maximum absolute atomic E-state index is 13.4. The van der Waals surface area contributed by atoms with Gasteiger partial charge in [-0.3, -0.25) is 14.5 Å². The Morgan fingerprint density at radius 2 is 1.88 bits per heavy atom. The van der Waals surface area contributed by atoms with Crippen molar-refractivity contribution in [3.8, 4) is 0 Å². The van der Waals surface area contributed by atoms with Crippen molar-refractivity contribution in [1.82, 2.24) is 0 Å². The molecule has 1 aromatic carbocycles. The van der Waals surface area contributed by atoms with E-state index in [0.29, 0.717) is 23.0 Å². The molecule has 0 atom stereocenters. The van der Waals surface area contributed by atoms with E-state index in [1.165, 1.54) is 12.1 Å². The van der Waals surface area contributed by atoms with Gasteiger partial charge in [-0.1, -0.05) is 6.92 Å². The fourth-order valence-corrected chi connectivity index (χ4v) is 2.15. The van der Waals surface area contributed by atoms with Crippen LogP contribution >= 0.6 is 15.9 Å². The average Bonchev–Trinajstić information content (AvgIpc) is 2.21. The molecule has 1 aliphatic rings. The van der Waals surface area contributed by atoms with Gasteiger partial charge in [0.05, 0.1) is 10.2 Å². The van der Waals surface area contributed by atoms with Crippen LogP contribution in [0, 0.1) is 11.7 Å². The number of hydrogen-bond acceptors (Lipinski definition) is 2. The van der Waals surface area contributed by atoms with Crippen molar-refractivity contribution in [2.75, 3.05) is 4.90 Å². The molecule has 0 bridgehead atoms. The van der Waals surface area contributed by atoms with E-state index < -0.39 is 5.82 Å². The Labute approximate surface area is 107 Å². The highest BCUT2D eigenvalue weighted by molar-refractivity contribution is 9.10. The summed E-state index contributed by atoms with van der Waals surface area (Å²) in [4.78, 5) is 24.6. The zero-order chi connectivity index (χ0) is 12.6. The van der Waals surface area contributed by atoms with E-state index in [4.69, 9.17) is 0 Å². The zero-order valence-electron chi connectivity index (χ0n) is 9.24. The number of hydrogen-bond donors (Lipinski definition) is 0. The molecule has 1 heterocycles. The third kappa shape index (κ3) is 2.39. The maximum atomic E-state index is 13.4. The highest BCUT2D eigenvalue weighted by atomic mass is 79.9. The van der Waals surface area contributed by atoms with Crippen molar-refractivity contribution in [3.05, 3.63) is 28.5 Å². The third-order valence-corrected chi connectivity index (χ3v) is 3.35. The molecule has 1 aliphatic heterocycles. The first kappa shape index (κ1) is 12.2. The standard InChI is InChI=1S/C12H11BrFNO2/c1-7-4-11(16)15(12(17)5-7)8-2-3-9(13)10(14)6-8/h2-3,6-7H,4-5H2,1H3. The average molecular weight is 300 g/mol. The van der Waals surface area contributed by atoms with Crippen LogP contribution < -0.4 is 4.90 Å². The Hall–Kier alpha value is -1.23. The van der Waals surface area contributed by atoms with Gasteiger partial charge in [-0.05, 0) is 40.0 Å². The van der Waals surface area contributed by atoms with E-state index in [9.17, 15) is 14.0 Å². The molecule has 2 amide bonds. The molecule has 0 unspecified atom stereocenters. The van der Waals surface area contributed by atoms with Crippen LogP contribution in [0.5, 0.6) is 0 Å². The quantitative estimate of drug-likeness (QED) is 0.748. The van der Waals surface area contributed by atoms with Gasteiger partial charge >= 0.3 is 0 Å². The lowest BCUT2D eigenvalue weighted by atomic mass is 9.97. The second-order valence-corrected chi connectivity index (χ2v) is 5.09. The molecule has 0 aliphatic carbocycles. The minimum absolute atomic E-state index is 0.0616. The lowest BCUT2D eigenvalue weighted by Crippen LogP contribution is -2.42. The van der Waals surface area contributed by atoms with Crippen LogP contribution in [0.15, 0.2) is 22.7 Å². The van der Waals surface area contributed by atoms with E-state index in [1.807, 2.05) is 6.92 Å². The monoisotopic (exact) mass is 299 g/mol. The van der Waals surface area contributed by atoms with Gasteiger partial charge in [-0.15, -0.1) is 0 Å². The molecule has 0 spiro atoms. The summed E-state index contributed by atoms with van der Waals surface area (Å²) in [5.74, 6) is -0.959. The molecule has 1 saturated heterocycles. The van der Waals surface area contributed by atoms with Crippen LogP contribution in [0.1, 0.15) is 19.8 Å². The van der Waals surface area contributed by atoms with Gasteiger partial charge in [-0.2, -0.15) is 0 Å². The minimum atomic E-state index is -0.485. The van der Waals surface area contributed by atoms with E-state index in [2.05, 4.69) is 15.9 Å². The molecule has 0 radical (unpaired) electrons. The molecule has 0 saturated carbocycles. The van der Waals surface area contributed by atoms with Crippen LogP contribution in [0.25, 0.3) is 0 Å². The zero-order valence-corrected chi connectivity index (χ0v) is 10.8. The van der Waals surface area contributed by atoms with Gasteiger partial charge in [0.1, 0.15) is 5.82 Å². The van der Waals surface area contributed by atoms with Gasteiger partial charge in [-0.25, -0.2) is 4.39 Å². The number of halogens is 2. The summed E-state index contributed by atoms with van der Waals surface area (Å²) in [5, 5.41) is 0. The van der Waals surface area contributed by atoms with Crippen LogP contribution in [0.4, 0.5) is 10.1 Å². The van der Waals surface area contributed by atoms with Crippen molar-refractivity contribution in [2.24, 2.45) is 5.92 Å². The molecule has 5 heteroatoms. The Kier molecular flexibility index (Phi) is 3.28. The summed E-state index contributed by atoms with van der Waals surface area (Å²) >= 11 is 3.03. The Morgan fingerprint density at radius 3 is 2.41 bits per heavy atom. The number of rotatable bonds is 1. The molecule has 0 N–H and O–H groups in total. The Morgan fingerprint density at radius 1 is 1.29 bits per heavy atom. The van der Waals surface area contributed by atoms with Gasteiger partial charge in [0, 0.05) is 12.8 Å². The number of imide groups is 1. The lowest BCUT2D eigenvalue weighted by Gasteiger charge is -2.28. The number of carbonyl (C=O) groups excluding carboxylic acids is 2. The second kappa shape index (κ2) is 4.56. The molecule has 1 fully saturated rings. The molecular formula is C12H11BrFNO2. The predicted molar refractivity (Wildman–Crippen MR) is 65.0 cm³/mol. The number of piperidine rings is 1. The maximum Gasteiger partial charge on any atom is 0.234 e. The van der Waals surface area contributed by atoms with Gasteiger partial charge < -0.3 is 0 Å². The van der Waals surface area contributed by atoms with E-state index in [1.54, 1.807) is 6.07 Å². The number of benzene rings is 1. The third-order valence-electron chi connectivity index (χ3n) is 2.71. The second-order valence-electron chi connectivity index (χ2n) is 4.23. The SMILES string of the molecule is CC1CC(=O)N(c2ccc(Br)c(F)c2)C(=O)C1. The largest absolute Gasteiger partial charge is 0.274 e. The minimum Gasteiger partial charge on any atom is -0.274 e. The van der Waals surface area contributed by atoms with Crippen LogP contribution in [-0.2, 0) is 9.59 Å². The summed E-state index contributed by atoms with van der Waals surface area (Å²) < 4.78 is 13.7. The fraction of sp³-hybridized carbons (Fsp3) is 0.333. The predicted octanol–water partition coefficient (Wildman–Crippen LogP) is 2.88. The van der Waals surface area contributed by atoms with Gasteiger partial charge in [0.15, 0.2) is 0 Å². The van der Waals surface area contributed by atoms with Crippen molar-refractivity contribution in [1.29, 1.82) is 0 Å². The Balaban J connectivity index is 2.35. The molecule has 90 valence electrons. The van der Waals surface area contributed by atoms with Crippen molar-refractivity contribution in [3.63, 3.8) is 0 Å². The van der Waals surface area contributed by atoms with Gasteiger partial charge in [0.2, 0.25) is 11.8 Å². The van der Waals surface area contributed by atoms with Crippen molar-refractivity contribution >= 4 is 33.4 Å². The van der Waals surface area contributed by atoms with Crippen molar-refractivity contribution < 1.29 is 14.0 Å². The van der Waals surface area contributed by atoms with E-state index in [0.717, 1.165) is 4.90 Å². The van der Waals surface area contributed by atoms with E-state index >= 15 is 0 Å². The molecule has 3 nitrogen and oxygen atoms in total. The number of nitrogens with zero attached hydrogens (tertiary/aromatic N) is 1. The summed E-state index contributed by atoms with van der Waals surface area (Å²) in [5.41, 5.74) is 0.299. The van der Waals surface area contributed by atoms with E-state index in [-0.39, 0.29) is 17.7 Å². The summed E-state index contributed by atoms with van der Waals surface area (Å²) in [6.07, 6.45) is 0.646. The molecule has 17 heavy (non-hydrogen) atoms. The van der Waals surface area contributed by atoms with Gasteiger partial charge in [0.25, 0.3) is 0 Å².